The molecule has 0 bridgehead atoms. The minimum atomic E-state index is 0. The Hall–Kier alpha value is -0.160. The van der Waals surface area contributed by atoms with Crippen LogP contribution in [0.2, 0.25) is 0 Å². The Morgan fingerprint density at radius 1 is 0.923 bits per heavy atom. The molecule has 0 saturated heterocycles. The summed E-state index contributed by atoms with van der Waals surface area (Å²) < 4.78 is 15.0. The predicted octanol–water partition coefficient (Wildman–Crippen LogP) is 0.897. The van der Waals surface area contributed by atoms with Gasteiger partial charge in [0, 0.05) is 15.1 Å². The van der Waals surface area contributed by atoms with Gasteiger partial charge in [-0.1, -0.05) is 13.8 Å². The van der Waals surface area contributed by atoms with E-state index in [-0.39, 0.29) is 1.43 Å². The van der Waals surface area contributed by atoms with Crippen LogP contribution in [0.5, 0.6) is 0 Å². The molecule has 0 aromatic rings. The van der Waals surface area contributed by atoms with Crippen molar-refractivity contribution in [1.82, 2.24) is 0 Å². The first-order valence-electron chi connectivity index (χ1n) is 4.76. The van der Waals surface area contributed by atoms with E-state index >= 15 is 0 Å². The number of hydrogen-bond acceptors (Lipinski definition) is 4. The van der Waals surface area contributed by atoms with Crippen LogP contribution in [0.3, 0.4) is 0 Å². The Labute approximate surface area is 82.8 Å². The van der Waals surface area contributed by atoms with Crippen molar-refractivity contribution in [2.24, 2.45) is 5.73 Å². The van der Waals surface area contributed by atoms with Crippen LogP contribution in [-0.2, 0) is 14.2 Å². The van der Waals surface area contributed by atoms with Gasteiger partial charge in [0.05, 0.1) is 33.0 Å². The smallest absolute Gasteiger partial charge is 0.0701 e. The van der Waals surface area contributed by atoms with E-state index in [1.807, 2.05) is 13.8 Å². The summed E-state index contributed by atoms with van der Waals surface area (Å²) in [4.78, 5) is 0. The lowest BCUT2D eigenvalue weighted by atomic mass is 10.7. The van der Waals surface area contributed by atoms with Crippen molar-refractivity contribution in [3.05, 3.63) is 0 Å². The van der Waals surface area contributed by atoms with Gasteiger partial charge in [-0.2, -0.15) is 0 Å². The highest BCUT2D eigenvalue weighted by Crippen LogP contribution is 1.78. The monoisotopic (exact) mass is 195 g/mol. The van der Waals surface area contributed by atoms with Crippen molar-refractivity contribution in [2.45, 2.75) is 13.8 Å². The lowest BCUT2D eigenvalue weighted by molar-refractivity contribution is 0.0267. The summed E-state index contributed by atoms with van der Waals surface area (Å²) in [7, 11) is 1.65. The van der Waals surface area contributed by atoms with Gasteiger partial charge in [-0.25, -0.2) is 0 Å². The topological polar surface area (TPSA) is 53.7 Å². The highest BCUT2D eigenvalue weighted by atomic mass is 16.5. The quantitative estimate of drug-likeness (QED) is 0.585. The average molecular weight is 195 g/mol. The Kier molecular flexibility index (Phi) is 21.0. The van der Waals surface area contributed by atoms with Crippen molar-refractivity contribution in [1.29, 1.82) is 0 Å². The molecule has 0 radical (unpaired) electrons. The maximum atomic E-state index is 5.21. The molecule has 13 heavy (non-hydrogen) atoms. The third-order valence-corrected chi connectivity index (χ3v) is 1.07. The van der Waals surface area contributed by atoms with Crippen LogP contribution in [0.4, 0.5) is 0 Å². The maximum Gasteiger partial charge on any atom is 0.0701 e. The summed E-state index contributed by atoms with van der Waals surface area (Å²) in [6, 6.07) is 0. The zero-order valence-corrected chi connectivity index (χ0v) is 9.04. The molecule has 0 aliphatic rings. The van der Waals surface area contributed by atoms with Crippen LogP contribution in [0.1, 0.15) is 15.3 Å². The molecule has 4 nitrogen and oxygen atoms in total. The molecule has 0 rings (SSSR count). The zero-order valence-electron chi connectivity index (χ0n) is 9.04. The first-order chi connectivity index (χ1) is 6.41. The lowest BCUT2D eigenvalue weighted by Gasteiger charge is -2.03. The van der Waals surface area contributed by atoms with Crippen LogP contribution in [-0.4, -0.2) is 46.7 Å². The minimum Gasteiger partial charge on any atom is -0.382 e. The molecule has 0 saturated carbocycles. The molecule has 0 aliphatic carbocycles. The fourth-order valence-electron chi connectivity index (χ4n) is 0.548. The number of rotatable bonds is 8. The fourth-order valence-corrected chi connectivity index (χ4v) is 0.548. The van der Waals surface area contributed by atoms with Gasteiger partial charge in [0.25, 0.3) is 0 Å². The van der Waals surface area contributed by atoms with E-state index in [1.54, 1.807) is 7.11 Å². The first kappa shape index (κ1) is 15.3. The molecule has 2 N–H and O–H groups in total. The highest BCUT2D eigenvalue weighted by Gasteiger charge is 1.87. The van der Waals surface area contributed by atoms with Crippen molar-refractivity contribution < 1.29 is 15.6 Å². The van der Waals surface area contributed by atoms with E-state index in [9.17, 15) is 0 Å². The summed E-state index contributed by atoms with van der Waals surface area (Å²) in [5.41, 5.74) is 5.21. The van der Waals surface area contributed by atoms with Crippen molar-refractivity contribution in [3.8, 4) is 0 Å². The van der Waals surface area contributed by atoms with Crippen LogP contribution in [0.15, 0.2) is 0 Å². The van der Waals surface area contributed by atoms with E-state index in [0.29, 0.717) is 39.6 Å². The van der Waals surface area contributed by atoms with Crippen LogP contribution in [0.25, 0.3) is 0 Å². The molecular weight excluding hydrogens is 170 g/mol. The molecule has 0 spiro atoms. The van der Waals surface area contributed by atoms with Crippen molar-refractivity contribution >= 4 is 0 Å². The third kappa shape index (κ3) is 18.7. The molecule has 0 unspecified atom stereocenters. The summed E-state index contributed by atoms with van der Waals surface area (Å²) in [5, 5.41) is 0. The Morgan fingerprint density at radius 2 is 1.38 bits per heavy atom. The normalized spacial score (nSPS) is 9.23. The van der Waals surface area contributed by atoms with Gasteiger partial charge < -0.3 is 19.9 Å². The standard InChI is InChI=1S/C7H17NO3.C2H6.H2/c1-9-4-5-11-7-6-10-3-2-8;1-2;/h2-8H2,1H3;1-2H3;1H. The fraction of sp³-hybridized carbons (Fsp3) is 1.00. The maximum absolute atomic E-state index is 5.21. The molecule has 0 aromatic heterocycles. The predicted molar refractivity (Wildman–Crippen MR) is 56.0 cm³/mol. The summed E-state index contributed by atoms with van der Waals surface area (Å²) in [6.45, 7) is 7.66. The van der Waals surface area contributed by atoms with E-state index in [1.165, 1.54) is 0 Å². The second kappa shape index (κ2) is 17.8. The average Bonchev–Trinajstić information content (AvgIpc) is 2.20. The van der Waals surface area contributed by atoms with E-state index in [4.69, 9.17) is 19.9 Å². The summed E-state index contributed by atoms with van der Waals surface area (Å²) in [5.74, 6) is 0. The van der Waals surface area contributed by atoms with Gasteiger partial charge in [-0.3, -0.25) is 0 Å². The number of ether oxygens (including phenoxy) is 3. The van der Waals surface area contributed by atoms with E-state index in [2.05, 4.69) is 0 Å². The van der Waals surface area contributed by atoms with Gasteiger partial charge in [0.15, 0.2) is 0 Å². The SMILES string of the molecule is CC.COCCOCCOCCN.[HH]. The number of nitrogens with two attached hydrogens (primary N) is 1. The molecule has 0 atom stereocenters. The molecule has 0 heterocycles. The molecule has 4 heteroatoms. The molecule has 0 aliphatic heterocycles. The van der Waals surface area contributed by atoms with Crippen LogP contribution < -0.4 is 5.73 Å². The largest absolute Gasteiger partial charge is 0.382 e. The summed E-state index contributed by atoms with van der Waals surface area (Å²) in [6.07, 6.45) is 0. The van der Waals surface area contributed by atoms with Gasteiger partial charge >= 0.3 is 0 Å². The molecule has 84 valence electrons. The first-order valence-corrected chi connectivity index (χ1v) is 4.76. The molecule has 0 aromatic carbocycles. The van der Waals surface area contributed by atoms with Gasteiger partial charge in [0.1, 0.15) is 0 Å². The molecular formula is C9H25NO3. The van der Waals surface area contributed by atoms with E-state index < -0.39 is 0 Å². The second-order valence-electron chi connectivity index (χ2n) is 2.01. The number of hydrogen-bond donors (Lipinski definition) is 1. The lowest BCUT2D eigenvalue weighted by Crippen LogP contribution is -2.13. The second-order valence-corrected chi connectivity index (χ2v) is 2.01. The van der Waals surface area contributed by atoms with Crippen molar-refractivity contribution in [2.75, 3.05) is 46.7 Å². The zero-order chi connectivity index (χ0) is 10.4. The third-order valence-electron chi connectivity index (χ3n) is 1.07. The van der Waals surface area contributed by atoms with Crippen LogP contribution >= 0.6 is 0 Å². The van der Waals surface area contributed by atoms with Gasteiger partial charge in [-0.15, -0.1) is 0 Å². The molecule has 0 fully saturated rings. The van der Waals surface area contributed by atoms with Gasteiger partial charge in [-0.05, 0) is 0 Å². The van der Waals surface area contributed by atoms with Gasteiger partial charge in [0.2, 0.25) is 0 Å². The molecule has 0 amide bonds. The Morgan fingerprint density at radius 3 is 1.85 bits per heavy atom. The number of methoxy groups -OCH3 is 1. The van der Waals surface area contributed by atoms with E-state index in [0.717, 1.165) is 0 Å². The highest BCUT2D eigenvalue weighted by molar-refractivity contribution is 4.33. The van der Waals surface area contributed by atoms with Crippen LogP contribution in [0, 0.1) is 0 Å². The Balaban J connectivity index is -0.000000376. The summed E-state index contributed by atoms with van der Waals surface area (Å²) >= 11 is 0. The van der Waals surface area contributed by atoms with Crippen molar-refractivity contribution in [3.63, 3.8) is 0 Å². The Bertz CT molecular complexity index is 69.1. The minimum absolute atomic E-state index is 0.